The molecule has 2 aromatic heterocycles. The Morgan fingerprint density at radius 3 is 2.44 bits per heavy atom. The Balaban J connectivity index is 2.11. The van der Waals surface area contributed by atoms with E-state index in [9.17, 15) is 23.5 Å². The number of nitrogens with zero attached hydrogens (tertiary/aromatic N) is 2. The number of anilines is 1. The van der Waals surface area contributed by atoms with E-state index >= 15 is 0 Å². The fraction of sp³-hybridized carbons (Fsp3) is 0.417. The lowest BCUT2D eigenvalue weighted by Gasteiger charge is -2.19. The third kappa shape index (κ3) is 7.05. The number of hydrogen-bond acceptors (Lipinski definition) is 6. The molecule has 8 nitrogen and oxygen atoms in total. The minimum absolute atomic E-state index is 0.0696. The maximum Gasteiger partial charge on any atom is 0.302 e. The van der Waals surface area contributed by atoms with Crippen LogP contribution < -0.4 is 15.4 Å². The highest BCUT2D eigenvalue weighted by atomic mass is 19.3. The zero-order valence-electron chi connectivity index (χ0n) is 20.1. The van der Waals surface area contributed by atoms with Crippen molar-refractivity contribution in [3.05, 3.63) is 58.9 Å². The average Bonchev–Trinajstić information content (AvgIpc) is 2.71. The van der Waals surface area contributed by atoms with E-state index < -0.39 is 36.0 Å². The first-order valence-electron chi connectivity index (χ1n) is 10.6. The molecule has 10 heteroatoms. The molecule has 0 bridgehead atoms. The van der Waals surface area contributed by atoms with Gasteiger partial charge in [-0.05, 0) is 70.9 Å². The number of nitrogens with one attached hydrogen (secondary N) is 2. The Morgan fingerprint density at radius 2 is 1.88 bits per heavy atom. The Morgan fingerprint density at radius 1 is 1.24 bits per heavy atom. The van der Waals surface area contributed by atoms with Crippen LogP contribution in [0.1, 0.15) is 60.9 Å². The number of alkyl halides is 2. The molecular weight excluding hydrogens is 446 g/mol. The summed E-state index contributed by atoms with van der Waals surface area (Å²) in [6.07, 6.45) is 1.44. The largest absolute Gasteiger partial charge is 0.471 e. The van der Waals surface area contributed by atoms with Gasteiger partial charge < -0.3 is 20.5 Å². The number of carbonyl (C=O) groups excluding carboxylic acids is 2. The lowest BCUT2D eigenvalue weighted by molar-refractivity contribution is -0.130. The van der Waals surface area contributed by atoms with Crippen LogP contribution in [0.25, 0.3) is 0 Å². The molecule has 2 amide bonds. The number of aromatic nitrogens is 2. The van der Waals surface area contributed by atoms with Gasteiger partial charge in [-0.3, -0.25) is 9.59 Å². The summed E-state index contributed by atoms with van der Waals surface area (Å²) in [4.78, 5) is 33.1. The van der Waals surface area contributed by atoms with E-state index in [1.807, 2.05) is 0 Å². The molecule has 2 rings (SSSR count). The molecule has 2 heterocycles. The monoisotopic (exact) mass is 476 g/mol. The fourth-order valence-electron chi connectivity index (χ4n) is 2.75. The van der Waals surface area contributed by atoms with Crippen molar-refractivity contribution in [1.29, 1.82) is 0 Å². The van der Waals surface area contributed by atoms with Crippen molar-refractivity contribution >= 4 is 17.6 Å². The van der Waals surface area contributed by atoms with Gasteiger partial charge >= 0.3 is 5.92 Å². The summed E-state index contributed by atoms with van der Waals surface area (Å²) in [5.74, 6) is -4.04. The van der Waals surface area contributed by atoms with Gasteiger partial charge in [-0.15, -0.1) is 0 Å². The van der Waals surface area contributed by atoms with Crippen LogP contribution in [-0.4, -0.2) is 45.0 Å². The average molecular weight is 477 g/mol. The molecule has 0 saturated heterocycles. The van der Waals surface area contributed by atoms with Gasteiger partial charge in [0.2, 0.25) is 5.88 Å². The van der Waals surface area contributed by atoms with E-state index in [1.54, 1.807) is 32.9 Å². The predicted molar refractivity (Wildman–Crippen MR) is 124 cm³/mol. The summed E-state index contributed by atoms with van der Waals surface area (Å²) < 4.78 is 32.6. The number of aryl methyl sites for hydroxylation is 2. The second-order valence-electron chi connectivity index (χ2n) is 8.75. The summed E-state index contributed by atoms with van der Waals surface area (Å²) in [6, 6.07) is 4.19. The Labute approximate surface area is 197 Å². The lowest BCUT2D eigenvalue weighted by atomic mass is 10.1. The van der Waals surface area contributed by atoms with Crippen LogP contribution in [0, 0.1) is 13.8 Å². The SMILES string of the molecule is C=C(C)C(F)(F)COc1ncc(C(C)NC(=O)c2cc(C)nc(NC(=O)C(C)(C)O)c2)cc1C. The maximum atomic E-state index is 13.7. The van der Waals surface area contributed by atoms with Crippen molar-refractivity contribution < 1.29 is 28.2 Å². The van der Waals surface area contributed by atoms with E-state index in [-0.39, 0.29) is 22.8 Å². The van der Waals surface area contributed by atoms with Crippen LogP contribution in [0.15, 0.2) is 36.5 Å². The molecule has 184 valence electrons. The molecule has 1 unspecified atom stereocenters. The molecule has 0 fully saturated rings. The van der Waals surface area contributed by atoms with Crippen molar-refractivity contribution in [3.63, 3.8) is 0 Å². The Hall–Kier alpha value is -3.40. The zero-order chi connectivity index (χ0) is 25.8. The molecule has 1 atom stereocenters. The molecule has 0 spiro atoms. The van der Waals surface area contributed by atoms with Gasteiger partial charge in [0.1, 0.15) is 11.4 Å². The Bertz CT molecular complexity index is 1100. The van der Waals surface area contributed by atoms with Crippen molar-refractivity contribution in [1.82, 2.24) is 15.3 Å². The minimum Gasteiger partial charge on any atom is -0.471 e. The first kappa shape index (κ1) is 26.8. The second-order valence-corrected chi connectivity index (χ2v) is 8.75. The summed E-state index contributed by atoms with van der Waals surface area (Å²) in [6.45, 7) is 11.4. The van der Waals surface area contributed by atoms with Crippen LogP contribution in [-0.2, 0) is 4.79 Å². The van der Waals surface area contributed by atoms with Gasteiger partial charge in [0.25, 0.3) is 11.8 Å². The highest BCUT2D eigenvalue weighted by molar-refractivity contribution is 5.98. The van der Waals surface area contributed by atoms with Crippen LogP contribution in [0.5, 0.6) is 5.88 Å². The number of hydrogen-bond donors (Lipinski definition) is 3. The van der Waals surface area contributed by atoms with Gasteiger partial charge in [0, 0.05) is 23.0 Å². The smallest absolute Gasteiger partial charge is 0.302 e. The lowest BCUT2D eigenvalue weighted by Crippen LogP contribution is -2.37. The molecule has 2 aromatic rings. The molecule has 0 saturated carbocycles. The first-order chi connectivity index (χ1) is 15.6. The van der Waals surface area contributed by atoms with Gasteiger partial charge in [0.05, 0.1) is 6.04 Å². The normalized spacial score (nSPS) is 12.6. The fourth-order valence-corrected chi connectivity index (χ4v) is 2.75. The topological polar surface area (TPSA) is 113 Å². The molecule has 34 heavy (non-hydrogen) atoms. The van der Waals surface area contributed by atoms with Crippen molar-refractivity contribution in [2.75, 3.05) is 11.9 Å². The molecule has 0 aromatic carbocycles. The number of pyridine rings is 2. The summed E-state index contributed by atoms with van der Waals surface area (Å²) in [5, 5.41) is 15.1. The third-order valence-electron chi connectivity index (χ3n) is 4.93. The third-order valence-corrected chi connectivity index (χ3v) is 4.93. The van der Waals surface area contributed by atoms with E-state index in [0.717, 1.165) is 0 Å². The summed E-state index contributed by atoms with van der Waals surface area (Å²) >= 11 is 0. The summed E-state index contributed by atoms with van der Waals surface area (Å²) in [7, 11) is 0. The number of ether oxygens (including phenoxy) is 1. The van der Waals surface area contributed by atoms with Crippen LogP contribution >= 0.6 is 0 Å². The van der Waals surface area contributed by atoms with Gasteiger partial charge in [-0.1, -0.05) is 6.58 Å². The number of halogens is 2. The standard InChI is InChI=1S/C24H30F2N4O4/c1-13(2)24(25,26)12-34-21-14(3)8-18(11-27-21)16(5)29-20(31)17-9-15(4)28-19(10-17)30-22(32)23(6,7)33/h8-11,16,33H,1,12H2,2-7H3,(H,29,31)(H,28,30,32). The number of aliphatic hydroxyl groups is 1. The molecule has 0 aliphatic rings. The number of carbonyl (C=O) groups is 2. The predicted octanol–water partition coefficient (Wildman–Crippen LogP) is 3.88. The highest BCUT2D eigenvalue weighted by Crippen LogP contribution is 2.26. The van der Waals surface area contributed by atoms with Crippen LogP contribution in [0.2, 0.25) is 0 Å². The quantitative estimate of drug-likeness (QED) is 0.474. The van der Waals surface area contributed by atoms with Crippen molar-refractivity contribution in [2.24, 2.45) is 0 Å². The van der Waals surface area contributed by atoms with Crippen molar-refractivity contribution in [2.45, 2.75) is 59.1 Å². The van der Waals surface area contributed by atoms with E-state index in [2.05, 4.69) is 27.2 Å². The molecule has 3 N–H and O–H groups in total. The maximum absolute atomic E-state index is 13.7. The number of rotatable bonds is 9. The van der Waals surface area contributed by atoms with E-state index in [0.29, 0.717) is 16.8 Å². The van der Waals surface area contributed by atoms with E-state index in [1.165, 1.54) is 33.0 Å². The van der Waals surface area contributed by atoms with E-state index in [4.69, 9.17) is 4.74 Å². The van der Waals surface area contributed by atoms with Gasteiger partial charge in [-0.25, -0.2) is 9.97 Å². The highest BCUT2D eigenvalue weighted by Gasteiger charge is 2.31. The van der Waals surface area contributed by atoms with Gasteiger partial charge in [-0.2, -0.15) is 8.78 Å². The molecule has 0 aliphatic heterocycles. The first-order valence-corrected chi connectivity index (χ1v) is 10.6. The molecular formula is C24H30F2N4O4. The Kier molecular flexibility index (Phi) is 8.09. The molecule has 0 aliphatic carbocycles. The number of amides is 2. The van der Waals surface area contributed by atoms with Crippen molar-refractivity contribution in [3.8, 4) is 5.88 Å². The van der Waals surface area contributed by atoms with Crippen LogP contribution in [0.4, 0.5) is 14.6 Å². The minimum atomic E-state index is -3.16. The second kappa shape index (κ2) is 10.3. The summed E-state index contributed by atoms with van der Waals surface area (Å²) in [5.41, 5.74) is 0.0312. The zero-order valence-corrected chi connectivity index (χ0v) is 20.1. The van der Waals surface area contributed by atoms with Crippen LogP contribution in [0.3, 0.4) is 0 Å². The van der Waals surface area contributed by atoms with Gasteiger partial charge in [0.15, 0.2) is 6.61 Å². The molecule has 0 radical (unpaired) electrons.